The van der Waals surface area contributed by atoms with Crippen LogP contribution in [0, 0.1) is 5.92 Å². The van der Waals surface area contributed by atoms with Gasteiger partial charge in [-0.1, -0.05) is 130 Å². The fourth-order valence-corrected chi connectivity index (χ4v) is 3.97. The van der Waals surface area contributed by atoms with E-state index in [2.05, 4.69) is 20.8 Å². The van der Waals surface area contributed by atoms with Gasteiger partial charge in [-0.25, -0.2) is 19.4 Å². The molecule has 0 aliphatic heterocycles. The van der Waals surface area contributed by atoms with Crippen LogP contribution in [0.4, 0.5) is 0 Å². The minimum Gasteiger partial charge on any atom is -0.247 e. The molecule has 0 saturated carbocycles. The lowest BCUT2D eigenvalue weighted by atomic mass is 9.94. The molecule has 4 nitrogen and oxygen atoms in total. The molecule has 31 heavy (non-hydrogen) atoms. The van der Waals surface area contributed by atoms with Crippen molar-refractivity contribution >= 4 is 11.9 Å². The normalized spacial score (nSPS) is 12.0. The predicted octanol–water partition coefficient (Wildman–Crippen LogP) is 8.86. The van der Waals surface area contributed by atoms with Crippen LogP contribution < -0.4 is 0 Å². The Hall–Kier alpha value is -1.06. The number of unbranched alkanes of at least 4 members (excludes halogenated alkanes) is 15. The standard InChI is InChI=1S/C27H52O4/c1-4-7-10-13-15-16-18-21-24-26(28)30-31-27(29)25(22-19-12-9-6-3)23-20-17-14-11-8-5-2/h25H,4-24H2,1-3H3. The quantitative estimate of drug-likeness (QED) is 0.0958. The van der Waals surface area contributed by atoms with E-state index in [9.17, 15) is 9.59 Å². The summed E-state index contributed by atoms with van der Waals surface area (Å²) in [5.41, 5.74) is 0. The maximum atomic E-state index is 12.5. The van der Waals surface area contributed by atoms with E-state index in [1.165, 1.54) is 70.6 Å². The van der Waals surface area contributed by atoms with Gasteiger partial charge in [0.05, 0.1) is 12.3 Å². The Kier molecular flexibility index (Phi) is 22.8. The summed E-state index contributed by atoms with van der Waals surface area (Å²) in [6.45, 7) is 6.63. The van der Waals surface area contributed by atoms with Gasteiger partial charge in [0.2, 0.25) is 0 Å². The van der Waals surface area contributed by atoms with Gasteiger partial charge >= 0.3 is 11.9 Å². The summed E-state index contributed by atoms with van der Waals surface area (Å²) in [6.07, 6.45) is 23.3. The van der Waals surface area contributed by atoms with Crippen molar-refractivity contribution in [3.8, 4) is 0 Å². The van der Waals surface area contributed by atoms with E-state index in [0.717, 1.165) is 57.8 Å². The monoisotopic (exact) mass is 440 g/mol. The molecule has 0 spiro atoms. The molecule has 0 radical (unpaired) electrons. The second-order valence-electron chi connectivity index (χ2n) is 9.19. The topological polar surface area (TPSA) is 52.6 Å². The second kappa shape index (κ2) is 23.6. The van der Waals surface area contributed by atoms with E-state index in [-0.39, 0.29) is 11.9 Å². The Balaban J connectivity index is 4.03. The van der Waals surface area contributed by atoms with Crippen molar-refractivity contribution in [1.82, 2.24) is 0 Å². The number of carbonyl (C=O) groups excluding carboxylic acids is 2. The predicted molar refractivity (Wildman–Crippen MR) is 130 cm³/mol. The molecule has 0 aliphatic carbocycles. The average Bonchev–Trinajstić information content (AvgIpc) is 2.77. The first kappa shape index (κ1) is 29.9. The maximum absolute atomic E-state index is 12.5. The molecule has 0 amide bonds. The summed E-state index contributed by atoms with van der Waals surface area (Å²) < 4.78 is 0. The highest BCUT2D eigenvalue weighted by Gasteiger charge is 2.22. The van der Waals surface area contributed by atoms with Crippen molar-refractivity contribution in [3.63, 3.8) is 0 Å². The molecule has 0 N–H and O–H groups in total. The number of rotatable bonds is 22. The summed E-state index contributed by atoms with van der Waals surface area (Å²) in [5.74, 6) is -0.906. The Morgan fingerprint density at radius 3 is 1.39 bits per heavy atom. The van der Waals surface area contributed by atoms with Gasteiger partial charge in [-0.3, -0.25) is 0 Å². The molecule has 4 heteroatoms. The minimum absolute atomic E-state index is 0.140. The lowest BCUT2D eigenvalue weighted by molar-refractivity contribution is -0.262. The van der Waals surface area contributed by atoms with Crippen molar-refractivity contribution < 1.29 is 19.4 Å². The van der Waals surface area contributed by atoms with Gasteiger partial charge < -0.3 is 0 Å². The van der Waals surface area contributed by atoms with E-state index < -0.39 is 5.97 Å². The van der Waals surface area contributed by atoms with E-state index in [1.807, 2.05) is 0 Å². The average molecular weight is 441 g/mol. The number of carbonyl (C=O) groups is 2. The molecule has 1 unspecified atom stereocenters. The third kappa shape index (κ3) is 20.6. The van der Waals surface area contributed by atoms with Gasteiger partial charge in [-0.2, -0.15) is 0 Å². The zero-order valence-corrected chi connectivity index (χ0v) is 21.1. The summed E-state index contributed by atoms with van der Waals surface area (Å²) in [4.78, 5) is 34.2. The zero-order chi connectivity index (χ0) is 23.0. The SMILES string of the molecule is CCCCCCCCCCC(=O)OOC(=O)C(CCCCCC)CCCCCCCC. The molecule has 0 saturated heterocycles. The molecule has 0 heterocycles. The van der Waals surface area contributed by atoms with Crippen molar-refractivity contribution in [2.75, 3.05) is 0 Å². The highest BCUT2D eigenvalue weighted by Crippen LogP contribution is 2.21. The van der Waals surface area contributed by atoms with Gasteiger partial charge in [-0.15, -0.1) is 0 Å². The third-order valence-electron chi connectivity index (χ3n) is 6.10. The third-order valence-corrected chi connectivity index (χ3v) is 6.10. The summed E-state index contributed by atoms with van der Waals surface area (Å²) >= 11 is 0. The first-order valence-corrected chi connectivity index (χ1v) is 13.6. The minimum atomic E-state index is -0.413. The fraction of sp³-hybridized carbons (Fsp3) is 0.926. The van der Waals surface area contributed by atoms with Crippen LogP contribution in [0.3, 0.4) is 0 Å². The van der Waals surface area contributed by atoms with Crippen molar-refractivity contribution in [1.29, 1.82) is 0 Å². The lowest BCUT2D eigenvalue weighted by Gasteiger charge is -2.14. The summed E-state index contributed by atoms with van der Waals surface area (Å²) in [7, 11) is 0. The Labute approximate surface area is 193 Å². The lowest BCUT2D eigenvalue weighted by Crippen LogP contribution is -2.20. The fourth-order valence-electron chi connectivity index (χ4n) is 3.97. The van der Waals surface area contributed by atoms with E-state index in [0.29, 0.717) is 6.42 Å². The molecule has 0 aromatic heterocycles. The molecule has 0 aromatic rings. The van der Waals surface area contributed by atoms with E-state index in [1.54, 1.807) is 0 Å². The molecule has 0 bridgehead atoms. The van der Waals surface area contributed by atoms with Crippen LogP contribution >= 0.6 is 0 Å². The maximum Gasteiger partial charge on any atom is 0.358 e. The smallest absolute Gasteiger partial charge is 0.247 e. The van der Waals surface area contributed by atoms with Gasteiger partial charge in [0, 0.05) is 0 Å². The number of hydrogen-bond donors (Lipinski definition) is 0. The largest absolute Gasteiger partial charge is 0.358 e. The van der Waals surface area contributed by atoms with Crippen LogP contribution in [0.2, 0.25) is 0 Å². The molecule has 1 atom stereocenters. The second-order valence-corrected chi connectivity index (χ2v) is 9.19. The Morgan fingerprint density at radius 2 is 0.903 bits per heavy atom. The Morgan fingerprint density at radius 1 is 0.516 bits per heavy atom. The molecular weight excluding hydrogens is 388 g/mol. The van der Waals surface area contributed by atoms with Crippen LogP contribution in [0.15, 0.2) is 0 Å². The molecule has 0 rings (SSSR count). The zero-order valence-electron chi connectivity index (χ0n) is 21.1. The first-order chi connectivity index (χ1) is 15.2. The highest BCUT2D eigenvalue weighted by atomic mass is 17.2. The Bertz CT molecular complexity index is 408. The summed E-state index contributed by atoms with van der Waals surface area (Å²) in [6, 6.07) is 0. The van der Waals surface area contributed by atoms with Crippen molar-refractivity contribution in [3.05, 3.63) is 0 Å². The van der Waals surface area contributed by atoms with Gasteiger partial charge in [0.25, 0.3) is 0 Å². The molecule has 0 fully saturated rings. The van der Waals surface area contributed by atoms with E-state index in [4.69, 9.17) is 9.78 Å². The van der Waals surface area contributed by atoms with Gasteiger partial charge in [0.1, 0.15) is 0 Å². The van der Waals surface area contributed by atoms with Crippen LogP contribution in [-0.4, -0.2) is 11.9 Å². The van der Waals surface area contributed by atoms with Crippen LogP contribution in [0.5, 0.6) is 0 Å². The molecule has 184 valence electrons. The van der Waals surface area contributed by atoms with Crippen LogP contribution in [-0.2, 0) is 19.4 Å². The van der Waals surface area contributed by atoms with Gasteiger partial charge in [0.15, 0.2) is 0 Å². The first-order valence-electron chi connectivity index (χ1n) is 13.6. The van der Waals surface area contributed by atoms with Crippen LogP contribution in [0.25, 0.3) is 0 Å². The number of hydrogen-bond acceptors (Lipinski definition) is 4. The van der Waals surface area contributed by atoms with Crippen LogP contribution in [0.1, 0.15) is 156 Å². The van der Waals surface area contributed by atoms with Crippen molar-refractivity contribution in [2.24, 2.45) is 5.92 Å². The van der Waals surface area contributed by atoms with E-state index >= 15 is 0 Å². The van der Waals surface area contributed by atoms with Gasteiger partial charge in [-0.05, 0) is 19.3 Å². The highest BCUT2D eigenvalue weighted by molar-refractivity contribution is 5.74. The molecular formula is C27H52O4. The molecule has 0 aliphatic rings. The summed E-state index contributed by atoms with van der Waals surface area (Å²) in [5, 5.41) is 0. The van der Waals surface area contributed by atoms with Crippen molar-refractivity contribution in [2.45, 2.75) is 156 Å². The molecule has 0 aromatic carbocycles.